The lowest BCUT2D eigenvalue weighted by Gasteiger charge is -2.35. The van der Waals surface area contributed by atoms with Gasteiger partial charge in [-0.15, -0.1) is 11.3 Å². The summed E-state index contributed by atoms with van der Waals surface area (Å²) in [6.07, 6.45) is 6.87. The zero-order valence-corrected chi connectivity index (χ0v) is 22.4. The van der Waals surface area contributed by atoms with Crippen LogP contribution in [0.4, 0.5) is 22.0 Å². The van der Waals surface area contributed by atoms with Crippen LogP contribution in [0.5, 0.6) is 0 Å². The molecule has 1 heterocycles. The van der Waals surface area contributed by atoms with Crippen LogP contribution in [-0.4, -0.2) is 17.3 Å². The van der Waals surface area contributed by atoms with Crippen molar-refractivity contribution in [2.45, 2.75) is 56.8 Å². The summed E-state index contributed by atoms with van der Waals surface area (Å²) in [5.74, 6) is -9.49. The van der Waals surface area contributed by atoms with Crippen LogP contribution in [0.15, 0.2) is 82.7 Å². The molecule has 1 aromatic heterocycles. The topological polar surface area (TPSA) is 0 Å². The molecule has 35 heavy (non-hydrogen) atoms. The highest BCUT2D eigenvalue weighted by atomic mass is 32.2. The minimum absolute atomic E-state index is 0.0896. The van der Waals surface area contributed by atoms with Crippen LogP contribution in [-0.2, 0) is 6.42 Å². The molecule has 3 rings (SSSR count). The second-order valence-corrected chi connectivity index (χ2v) is 12.1. The normalized spacial score (nSPS) is 16.7. The average Bonchev–Trinajstić information content (AvgIpc) is 3.18. The first-order valence-corrected chi connectivity index (χ1v) is 13.3. The van der Waals surface area contributed by atoms with Crippen LogP contribution in [0.25, 0.3) is 10.4 Å². The summed E-state index contributed by atoms with van der Waals surface area (Å²) in [7, 11) is 1.32. The Balaban J connectivity index is 1.72. The van der Waals surface area contributed by atoms with Crippen molar-refractivity contribution in [3.63, 3.8) is 0 Å². The average molecular weight is 543 g/mol. The lowest BCUT2D eigenvalue weighted by molar-refractivity contribution is -0.247. The van der Waals surface area contributed by atoms with Crippen LogP contribution >= 0.6 is 32.3 Å². The van der Waals surface area contributed by atoms with Crippen molar-refractivity contribution in [2.24, 2.45) is 0 Å². The van der Waals surface area contributed by atoms with Gasteiger partial charge >= 0.3 is 11.8 Å². The van der Waals surface area contributed by atoms with E-state index in [-0.39, 0.29) is 5.56 Å². The van der Waals surface area contributed by atoms with Gasteiger partial charge in [0.05, 0.1) is 0 Å². The highest BCUT2D eigenvalue weighted by Crippen LogP contribution is 2.52. The summed E-state index contributed by atoms with van der Waals surface area (Å²) in [5.41, 5.74) is 1.82. The van der Waals surface area contributed by atoms with Gasteiger partial charge in [0.2, 0.25) is 0 Å². The highest BCUT2D eigenvalue weighted by molar-refractivity contribution is 8.06. The third-order valence-electron chi connectivity index (χ3n) is 5.76. The van der Waals surface area contributed by atoms with Gasteiger partial charge in [0.25, 0.3) is 0 Å². The Morgan fingerprint density at radius 3 is 2.46 bits per heavy atom. The summed E-state index contributed by atoms with van der Waals surface area (Å²) < 4.78 is 74.8. The van der Waals surface area contributed by atoms with Gasteiger partial charge in [0.1, 0.15) is 0 Å². The van der Waals surface area contributed by atoms with Gasteiger partial charge in [-0.25, -0.2) is 4.39 Å². The largest absolute Gasteiger partial charge is 0.347 e. The molecular formula is C27H28F5PS2. The number of aryl methyl sites for hydroxylation is 1. The number of allylic oxidation sites excluding steroid dienone is 6. The summed E-state index contributed by atoms with van der Waals surface area (Å²) in [4.78, 5) is 2.42. The molecule has 2 unspecified atom stereocenters. The molecule has 0 saturated heterocycles. The maximum Gasteiger partial charge on any atom is 0.347 e. The van der Waals surface area contributed by atoms with Crippen molar-refractivity contribution >= 4 is 32.3 Å². The maximum absolute atomic E-state index is 15.1. The van der Waals surface area contributed by atoms with Crippen LogP contribution in [0.1, 0.15) is 36.6 Å². The van der Waals surface area contributed by atoms with Gasteiger partial charge in [-0.05, 0) is 54.4 Å². The quantitative estimate of drug-likeness (QED) is 0.213. The molecule has 2 atom stereocenters. The lowest BCUT2D eigenvalue weighted by atomic mass is 9.96. The first kappa shape index (κ1) is 27.9. The molecule has 0 saturated carbocycles. The highest BCUT2D eigenvalue weighted by Gasteiger charge is 2.67. The molecule has 0 bridgehead atoms. The van der Waals surface area contributed by atoms with Crippen molar-refractivity contribution in [1.82, 2.24) is 0 Å². The molecule has 188 valence electrons. The summed E-state index contributed by atoms with van der Waals surface area (Å²) in [5, 5.41) is -3.52. The summed E-state index contributed by atoms with van der Waals surface area (Å²) in [6.45, 7) is 7.20. The number of benzene rings is 1. The van der Waals surface area contributed by atoms with E-state index in [0.717, 1.165) is 24.0 Å². The van der Waals surface area contributed by atoms with Gasteiger partial charge in [0.15, 0.2) is 5.41 Å². The monoisotopic (exact) mass is 542 g/mol. The zero-order chi connectivity index (χ0) is 25.9. The fraction of sp³-hybridized carbons (Fsp3) is 0.333. The predicted octanol–water partition coefficient (Wildman–Crippen LogP) is 9.89. The fourth-order valence-corrected chi connectivity index (χ4v) is 5.83. The smallest absolute Gasteiger partial charge is 0.232 e. The maximum atomic E-state index is 15.1. The van der Waals surface area contributed by atoms with Crippen molar-refractivity contribution in [2.75, 3.05) is 0 Å². The van der Waals surface area contributed by atoms with Gasteiger partial charge < -0.3 is 0 Å². The van der Waals surface area contributed by atoms with E-state index in [4.69, 9.17) is 0 Å². The molecule has 1 aliphatic rings. The van der Waals surface area contributed by atoms with Crippen LogP contribution in [0.2, 0.25) is 0 Å². The zero-order valence-electron chi connectivity index (χ0n) is 19.6. The Hall–Kier alpha value is -1.69. The van der Waals surface area contributed by atoms with Gasteiger partial charge in [-0.3, -0.25) is 0 Å². The number of rotatable bonds is 10. The third-order valence-corrected chi connectivity index (χ3v) is 8.47. The molecule has 1 aliphatic carbocycles. The first-order chi connectivity index (χ1) is 16.3. The first-order valence-electron chi connectivity index (χ1n) is 11.1. The minimum atomic E-state index is -4.90. The Bertz CT molecular complexity index is 1140. The summed E-state index contributed by atoms with van der Waals surface area (Å²) in [6, 6.07) is 10.6. The van der Waals surface area contributed by atoms with E-state index >= 15 is 4.39 Å². The van der Waals surface area contributed by atoms with E-state index in [1.165, 1.54) is 44.5 Å². The van der Waals surface area contributed by atoms with Crippen molar-refractivity contribution in [1.29, 1.82) is 0 Å². The van der Waals surface area contributed by atoms with E-state index in [1.54, 1.807) is 13.8 Å². The molecule has 0 N–H and O–H groups in total. The number of hydrogen-bond acceptors (Lipinski definition) is 2. The Kier molecular flexibility index (Phi) is 8.88. The molecule has 0 radical (unpaired) electrons. The molecule has 0 aliphatic heterocycles. The molecule has 0 spiro atoms. The Morgan fingerprint density at radius 2 is 1.83 bits per heavy atom. The molecular weight excluding hydrogens is 514 g/mol. The number of thiophene rings is 1. The molecule has 1 aromatic carbocycles. The molecule has 0 amide bonds. The Labute approximate surface area is 214 Å². The lowest BCUT2D eigenvalue weighted by Crippen LogP contribution is -2.54. The van der Waals surface area contributed by atoms with E-state index in [1.807, 2.05) is 48.6 Å². The number of thioether (sulfide) groups is 1. The van der Waals surface area contributed by atoms with E-state index in [0.29, 0.717) is 19.6 Å². The van der Waals surface area contributed by atoms with Crippen molar-refractivity contribution < 1.29 is 22.0 Å². The number of halogens is 5. The second-order valence-electron chi connectivity index (χ2n) is 8.56. The number of alkyl halides is 5. The second kappa shape index (κ2) is 11.1. The molecule has 2 aromatic rings. The SMILES string of the molecule is C=C(S/C(C)=C/CC(F)(P)C(F)(F)C(F)(F)Cc1cc(-c2ccccc2)sc1C)C1=CCCC=C1. The minimum Gasteiger partial charge on any atom is -0.232 e. The molecule has 8 heteroatoms. The fourth-order valence-electron chi connectivity index (χ4n) is 3.63. The van der Waals surface area contributed by atoms with Crippen LogP contribution in [0, 0.1) is 6.92 Å². The van der Waals surface area contributed by atoms with E-state index in [2.05, 4.69) is 6.58 Å². The van der Waals surface area contributed by atoms with Crippen LogP contribution < -0.4 is 0 Å². The number of hydrogen-bond donors (Lipinski definition) is 0. The third kappa shape index (κ3) is 6.55. The van der Waals surface area contributed by atoms with Crippen molar-refractivity contribution in [3.8, 4) is 10.4 Å². The van der Waals surface area contributed by atoms with Gasteiger partial charge in [-0.2, -0.15) is 17.6 Å². The standard InChI is InChI=1S/C27H28F5PS2/c1-18(34-19(2)21-10-6-4-7-11-21)14-15-26(30,33)27(31,32)25(28,29)17-23-16-24(35-20(23)3)22-12-8-5-9-13-22/h5-6,8-14,16H,2,4,7,15,17,33H2,1,3H3/b18-14+. The Morgan fingerprint density at radius 1 is 1.14 bits per heavy atom. The molecule has 0 nitrogen and oxygen atoms in total. The summed E-state index contributed by atoms with van der Waals surface area (Å²) >= 11 is 2.46. The van der Waals surface area contributed by atoms with E-state index in [9.17, 15) is 17.6 Å². The van der Waals surface area contributed by atoms with Gasteiger partial charge in [-0.1, -0.05) is 82.2 Å². The predicted molar refractivity (Wildman–Crippen MR) is 143 cm³/mol. The van der Waals surface area contributed by atoms with Gasteiger partial charge in [0, 0.05) is 27.5 Å². The van der Waals surface area contributed by atoms with E-state index < -0.39 is 30.1 Å². The molecule has 0 fully saturated rings. The van der Waals surface area contributed by atoms with Crippen LogP contribution in [0.3, 0.4) is 0 Å². The van der Waals surface area contributed by atoms with Crippen molar-refractivity contribution in [3.05, 3.63) is 93.1 Å².